The quantitative estimate of drug-likeness (QED) is 0.892. The van der Waals surface area contributed by atoms with Crippen LogP contribution in [0.2, 0.25) is 0 Å². The summed E-state index contributed by atoms with van der Waals surface area (Å²) < 4.78 is 25.9. The van der Waals surface area contributed by atoms with E-state index in [1.54, 1.807) is 0 Å². The van der Waals surface area contributed by atoms with Gasteiger partial charge in [-0.25, -0.2) is 8.78 Å². The van der Waals surface area contributed by atoms with Crippen molar-refractivity contribution in [3.63, 3.8) is 0 Å². The van der Waals surface area contributed by atoms with Crippen LogP contribution in [0.5, 0.6) is 0 Å². The number of aliphatic hydroxyl groups is 1. The highest BCUT2D eigenvalue weighted by Gasteiger charge is 2.24. The Bertz CT molecular complexity index is 479. The molecule has 110 valence electrons. The molecule has 1 aromatic rings. The van der Waals surface area contributed by atoms with Gasteiger partial charge < -0.3 is 10.4 Å². The van der Waals surface area contributed by atoms with Crippen LogP contribution in [0.25, 0.3) is 0 Å². The summed E-state index contributed by atoms with van der Waals surface area (Å²) >= 11 is 0. The van der Waals surface area contributed by atoms with Crippen LogP contribution in [-0.4, -0.2) is 24.2 Å². The van der Waals surface area contributed by atoms with E-state index in [-0.39, 0.29) is 24.0 Å². The molecule has 1 aliphatic rings. The van der Waals surface area contributed by atoms with E-state index in [1.807, 2.05) is 0 Å². The van der Waals surface area contributed by atoms with E-state index >= 15 is 0 Å². The van der Waals surface area contributed by atoms with Crippen LogP contribution >= 0.6 is 0 Å². The lowest BCUT2D eigenvalue weighted by atomic mass is 9.79. The van der Waals surface area contributed by atoms with Crippen molar-refractivity contribution in [2.45, 2.75) is 25.7 Å². The highest BCUT2D eigenvalue weighted by molar-refractivity contribution is 5.94. The van der Waals surface area contributed by atoms with Crippen LogP contribution in [0.15, 0.2) is 18.2 Å². The number of aliphatic hydroxyl groups excluding tert-OH is 1. The maximum Gasteiger partial charge on any atom is 0.251 e. The smallest absolute Gasteiger partial charge is 0.251 e. The van der Waals surface area contributed by atoms with E-state index in [0.29, 0.717) is 6.54 Å². The topological polar surface area (TPSA) is 49.3 Å². The van der Waals surface area contributed by atoms with Crippen molar-refractivity contribution in [1.29, 1.82) is 0 Å². The Morgan fingerprint density at radius 3 is 2.55 bits per heavy atom. The molecular formula is C15H19F2NO2. The third-order valence-electron chi connectivity index (χ3n) is 4.01. The second kappa shape index (κ2) is 6.79. The molecule has 0 bridgehead atoms. The van der Waals surface area contributed by atoms with Crippen LogP contribution < -0.4 is 5.32 Å². The fourth-order valence-electron chi connectivity index (χ4n) is 2.76. The van der Waals surface area contributed by atoms with Crippen molar-refractivity contribution in [2.24, 2.45) is 11.8 Å². The van der Waals surface area contributed by atoms with E-state index in [1.165, 1.54) is 6.07 Å². The Morgan fingerprint density at radius 1 is 1.20 bits per heavy atom. The van der Waals surface area contributed by atoms with Crippen LogP contribution in [-0.2, 0) is 0 Å². The van der Waals surface area contributed by atoms with Gasteiger partial charge in [-0.3, -0.25) is 4.79 Å². The molecule has 1 aromatic carbocycles. The summed E-state index contributed by atoms with van der Waals surface area (Å²) in [7, 11) is 0. The van der Waals surface area contributed by atoms with Crippen LogP contribution in [0.3, 0.4) is 0 Å². The number of amides is 1. The predicted octanol–water partition coefficient (Wildman–Crippen LogP) is 2.49. The highest BCUT2D eigenvalue weighted by Crippen LogP contribution is 2.29. The second-order valence-electron chi connectivity index (χ2n) is 5.33. The van der Waals surface area contributed by atoms with Crippen LogP contribution in [0.4, 0.5) is 8.78 Å². The van der Waals surface area contributed by atoms with Crippen molar-refractivity contribution in [1.82, 2.24) is 5.32 Å². The number of carbonyl (C=O) groups excluding carboxylic acids is 1. The number of hydrogen-bond acceptors (Lipinski definition) is 2. The first-order valence-electron chi connectivity index (χ1n) is 6.96. The minimum Gasteiger partial charge on any atom is -0.396 e. The first-order chi connectivity index (χ1) is 9.61. The molecule has 20 heavy (non-hydrogen) atoms. The Morgan fingerprint density at radius 2 is 1.90 bits per heavy atom. The Labute approximate surface area is 117 Å². The highest BCUT2D eigenvalue weighted by atomic mass is 19.2. The van der Waals surface area contributed by atoms with Gasteiger partial charge in [-0.05, 0) is 42.9 Å². The fraction of sp³-hybridized carbons (Fsp3) is 0.533. The third kappa shape index (κ3) is 3.54. The van der Waals surface area contributed by atoms with Gasteiger partial charge >= 0.3 is 0 Å². The second-order valence-corrected chi connectivity index (χ2v) is 5.33. The van der Waals surface area contributed by atoms with Gasteiger partial charge in [0.15, 0.2) is 11.6 Å². The molecule has 2 rings (SSSR count). The molecular weight excluding hydrogens is 264 g/mol. The van der Waals surface area contributed by atoms with Gasteiger partial charge in [-0.2, -0.15) is 0 Å². The first-order valence-corrected chi connectivity index (χ1v) is 6.96. The molecule has 2 atom stereocenters. The summed E-state index contributed by atoms with van der Waals surface area (Å²) in [5.41, 5.74) is 0.111. The minimum atomic E-state index is -1.02. The molecule has 0 saturated heterocycles. The van der Waals surface area contributed by atoms with Gasteiger partial charge in [0.2, 0.25) is 0 Å². The number of carbonyl (C=O) groups is 1. The van der Waals surface area contributed by atoms with Gasteiger partial charge in [0.05, 0.1) is 0 Å². The minimum absolute atomic E-state index is 0.111. The lowest BCUT2D eigenvalue weighted by molar-refractivity contribution is 0.0909. The molecule has 0 heterocycles. The summed E-state index contributed by atoms with van der Waals surface area (Å²) in [5.74, 6) is -1.93. The Hall–Kier alpha value is -1.49. The summed E-state index contributed by atoms with van der Waals surface area (Å²) in [6.07, 6.45) is 4.16. The van der Waals surface area contributed by atoms with Crippen molar-refractivity contribution in [3.8, 4) is 0 Å². The predicted molar refractivity (Wildman–Crippen MR) is 71.2 cm³/mol. The molecule has 0 radical (unpaired) electrons. The lowest BCUT2D eigenvalue weighted by Gasteiger charge is -2.30. The molecule has 0 aromatic heterocycles. The SMILES string of the molecule is O=C(NCC1CCCCC1CO)c1ccc(F)c(F)c1. The molecule has 2 unspecified atom stereocenters. The van der Waals surface area contributed by atoms with Crippen molar-refractivity contribution in [2.75, 3.05) is 13.2 Å². The molecule has 5 heteroatoms. The monoisotopic (exact) mass is 283 g/mol. The van der Waals surface area contributed by atoms with Crippen LogP contribution in [0.1, 0.15) is 36.0 Å². The molecule has 1 amide bonds. The molecule has 1 saturated carbocycles. The van der Waals surface area contributed by atoms with Crippen molar-refractivity contribution < 1.29 is 18.7 Å². The molecule has 3 nitrogen and oxygen atoms in total. The average Bonchev–Trinajstić information content (AvgIpc) is 2.47. The molecule has 1 fully saturated rings. The Balaban J connectivity index is 1.92. The van der Waals surface area contributed by atoms with Crippen LogP contribution in [0, 0.1) is 23.5 Å². The van der Waals surface area contributed by atoms with Crippen molar-refractivity contribution >= 4 is 5.91 Å². The number of nitrogens with one attached hydrogen (secondary N) is 1. The zero-order valence-electron chi connectivity index (χ0n) is 11.2. The first kappa shape index (κ1) is 14.9. The van der Waals surface area contributed by atoms with Gasteiger partial charge in [0.1, 0.15) is 0 Å². The number of hydrogen-bond donors (Lipinski definition) is 2. The largest absolute Gasteiger partial charge is 0.396 e. The van der Waals surface area contributed by atoms with Gasteiger partial charge in [-0.15, -0.1) is 0 Å². The standard InChI is InChI=1S/C15H19F2NO2/c16-13-6-5-10(7-14(13)17)15(20)18-8-11-3-1-2-4-12(11)9-19/h5-7,11-12,19H,1-4,8-9H2,(H,18,20). The number of halogens is 2. The summed E-state index contributed by atoms with van der Waals surface area (Å²) in [6.45, 7) is 0.592. The number of rotatable bonds is 4. The third-order valence-corrected chi connectivity index (χ3v) is 4.01. The maximum atomic E-state index is 13.1. The summed E-state index contributed by atoms with van der Waals surface area (Å²) in [4.78, 5) is 11.9. The van der Waals surface area contributed by atoms with Crippen molar-refractivity contribution in [3.05, 3.63) is 35.4 Å². The van der Waals surface area contributed by atoms with E-state index in [4.69, 9.17) is 0 Å². The van der Waals surface area contributed by atoms with E-state index in [0.717, 1.165) is 37.8 Å². The maximum absolute atomic E-state index is 13.1. The molecule has 1 aliphatic carbocycles. The zero-order valence-corrected chi connectivity index (χ0v) is 11.2. The lowest BCUT2D eigenvalue weighted by Crippen LogP contribution is -2.35. The van der Waals surface area contributed by atoms with E-state index in [2.05, 4.69) is 5.32 Å². The van der Waals surface area contributed by atoms with Gasteiger partial charge in [0.25, 0.3) is 5.91 Å². The molecule has 0 spiro atoms. The number of benzene rings is 1. The fourth-order valence-corrected chi connectivity index (χ4v) is 2.76. The van der Waals surface area contributed by atoms with Gasteiger partial charge in [0, 0.05) is 18.7 Å². The van der Waals surface area contributed by atoms with Gasteiger partial charge in [-0.1, -0.05) is 12.8 Å². The zero-order chi connectivity index (χ0) is 14.5. The molecule has 0 aliphatic heterocycles. The molecule has 2 N–H and O–H groups in total. The van der Waals surface area contributed by atoms with E-state index in [9.17, 15) is 18.7 Å². The van der Waals surface area contributed by atoms with E-state index < -0.39 is 17.5 Å². The average molecular weight is 283 g/mol. The normalized spacial score (nSPS) is 22.6. The Kier molecular flexibility index (Phi) is 5.06. The summed E-state index contributed by atoms with van der Waals surface area (Å²) in [6, 6.07) is 3.11. The summed E-state index contributed by atoms with van der Waals surface area (Å²) in [5, 5.41) is 12.0.